The van der Waals surface area contributed by atoms with Crippen molar-refractivity contribution in [3.8, 4) is 0 Å². The summed E-state index contributed by atoms with van der Waals surface area (Å²) in [6.45, 7) is 5.84. The topological polar surface area (TPSA) is 18.5 Å². The quantitative estimate of drug-likeness (QED) is 0.404. The summed E-state index contributed by atoms with van der Waals surface area (Å²) >= 11 is 0. The van der Waals surface area contributed by atoms with Crippen molar-refractivity contribution < 1.29 is 31.4 Å². The Bertz CT molecular complexity index is 727. The summed E-state index contributed by atoms with van der Waals surface area (Å²) in [5, 5.41) is 0. The van der Waals surface area contributed by atoms with Crippen LogP contribution in [0.3, 0.4) is 0 Å². The number of hydrogen-bond acceptors (Lipinski definition) is 2. The molecule has 0 atom stereocenters. The third-order valence-corrected chi connectivity index (χ3v) is 3.83. The lowest BCUT2D eigenvalue weighted by Gasteiger charge is -2.40. The molecule has 0 spiro atoms. The van der Waals surface area contributed by atoms with Gasteiger partial charge in [0.15, 0.2) is 23.3 Å². The summed E-state index contributed by atoms with van der Waals surface area (Å²) in [5.74, 6) is -12.5. The van der Waals surface area contributed by atoms with E-state index in [9.17, 15) is 22.0 Å². The van der Waals surface area contributed by atoms with Gasteiger partial charge in [-0.05, 0) is 0 Å². The van der Waals surface area contributed by atoms with Gasteiger partial charge in [0.2, 0.25) is 11.6 Å². The minimum Gasteiger partial charge on any atom is -0.342 e. The van der Waals surface area contributed by atoms with Crippen LogP contribution in [0, 0.1) is 35.0 Å². The monoisotopic (exact) mass is 374 g/mol. The summed E-state index contributed by atoms with van der Waals surface area (Å²) in [7, 11) is 0. The molecule has 0 N–H and O–H groups in total. The average Bonchev–Trinajstić information content (AvgIpc) is 2.69. The van der Waals surface area contributed by atoms with Crippen molar-refractivity contribution in [2.24, 2.45) is 5.92 Å². The molecule has 0 bridgehead atoms. The number of rotatable bonds is 2. The molecule has 0 saturated carbocycles. The number of benzene rings is 2. The summed E-state index contributed by atoms with van der Waals surface area (Å²) in [4.78, 5) is 0. The van der Waals surface area contributed by atoms with Crippen LogP contribution >= 0.6 is 0 Å². The van der Waals surface area contributed by atoms with E-state index in [4.69, 9.17) is 9.47 Å². The van der Waals surface area contributed by atoms with E-state index in [0.717, 1.165) is 0 Å². The van der Waals surface area contributed by atoms with Crippen LogP contribution in [0.2, 0.25) is 0 Å². The van der Waals surface area contributed by atoms with Crippen LogP contribution in [-0.4, -0.2) is 13.2 Å². The van der Waals surface area contributed by atoms with Gasteiger partial charge in [0.05, 0.1) is 18.8 Å². The van der Waals surface area contributed by atoms with Crippen molar-refractivity contribution >= 4 is 0 Å². The first kappa shape index (κ1) is 20.3. The van der Waals surface area contributed by atoms with E-state index < -0.39 is 40.4 Å². The third-order valence-electron chi connectivity index (χ3n) is 3.83. The van der Waals surface area contributed by atoms with Crippen LogP contribution in [0.15, 0.2) is 30.3 Å². The first-order chi connectivity index (χ1) is 12.4. The molecule has 1 fully saturated rings. The van der Waals surface area contributed by atoms with Crippen molar-refractivity contribution in [2.45, 2.75) is 26.6 Å². The molecule has 142 valence electrons. The second kappa shape index (κ2) is 8.14. The molecule has 2 aromatic rings. The molecule has 0 aliphatic carbocycles. The molecule has 3 rings (SSSR count). The van der Waals surface area contributed by atoms with Crippen LogP contribution in [0.1, 0.15) is 31.9 Å². The van der Waals surface area contributed by atoms with Gasteiger partial charge in [-0.1, -0.05) is 51.1 Å². The van der Waals surface area contributed by atoms with Crippen molar-refractivity contribution in [3.05, 3.63) is 70.5 Å². The van der Waals surface area contributed by atoms with Gasteiger partial charge < -0.3 is 9.47 Å². The molecule has 0 unspecified atom stereocenters. The zero-order valence-corrected chi connectivity index (χ0v) is 14.6. The van der Waals surface area contributed by atoms with Gasteiger partial charge in [0, 0.05) is 11.5 Å². The highest BCUT2D eigenvalue weighted by Crippen LogP contribution is 2.42. The maximum atomic E-state index is 14.3. The molecule has 1 aliphatic rings. The second-order valence-electron chi connectivity index (χ2n) is 5.65. The maximum absolute atomic E-state index is 14.3. The standard InChI is InChI=1S/C17H13F5O2.C2H6/c1-9-7-23-17(24-8-9,10-5-3-2-4-6-10)11-12(18)14(20)16(22)15(21)13(11)19;1-2/h2-6,9H,7-8H2,1H3;1-2H3. The molecule has 7 heteroatoms. The minimum atomic E-state index is -2.22. The maximum Gasteiger partial charge on any atom is 0.228 e. The molecule has 2 nitrogen and oxygen atoms in total. The van der Waals surface area contributed by atoms with Crippen LogP contribution in [0.25, 0.3) is 0 Å². The lowest BCUT2D eigenvalue weighted by Crippen LogP contribution is -2.44. The molecule has 0 amide bonds. The van der Waals surface area contributed by atoms with E-state index in [1.807, 2.05) is 13.8 Å². The predicted octanol–water partition coefficient (Wildman–Crippen LogP) is 5.29. The van der Waals surface area contributed by atoms with E-state index >= 15 is 0 Å². The molecule has 0 radical (unpaired) electrons. The van der Waals surface area contributed by atoms with Gasteiger partial charge in [-0.15, -0.1) is 0 Å². The minimum absolute atomic E-state index is 0.0361. The fourth-order valence-corrected chi connectivity index (χ4v) is 2.62. The van der Waals surface area contributed by atoms with Crippen molar-refractivity contribution in [1.82, 2.24) is 0 Å². The summed E-state index contributed by atoms with van der Waals surface area (Å²) < 4.78 is 80.3. The van der Waals surface area contributed by atoms with E-state index in [2.05, 4.69) is 0 Å². The highest BCUT2D eigenvalue weighted by molar-refractivity contribution is 5.37. The fourth-order valence-electron chi connectivity index (χ4n) is 2.62. The zero-order chi connectivity index (χ0) is 19.5. The summed E-state index contributed by atoms with van der Waals surface area (Å²) in [5.41, 5.74) is -1.00. The number of halogens is 5. The van der Waals surface area contributed by atoms with Crippen LogP contribution in [0.5, 0.6) is 0 Å². The Balaban J connectivity index is 0.00000117. The highest BCUT2D eigenvalue weighted by Gasteiger charge is 2.47. The van der Waals surface area contributed by atoms with Gasteiger partial charge in [-0.2, -0.15) is 0 Å². The highest BCUT2D eigenvalue weighted by atomic mass is 19.2. The molecule has 1 heterocycles. The lowest BCUT2D eigenvalue weighted by atomic mass is 9.94. The zero-order valence-electron chi connectivity index (χ0n) is 14.6. The SMILES string of the molecule is CC.CC1COC(c2ccccc2)(c2c(F)c(F)c(F)c(F)c2F)OC1. The number of ether oxygens (including phenoxy) is 2. The van der Waals surface area contributed by atoms with Gasteiger partial charge in [-0.25, -0.2) is 22.0 Å². The normalized spacial score (nSPS) is 22.5. The third kappa shape index (κ3) is 3.33. The van der Waals surface area contributed by atoms with Gasteiger partial charge in [0.25, 0.3) is 0 Å². The Kier molecular flexibility index (Phi) is 6.36. The Morgan fingerprint density at radius 2 is 1.19 bits per heavy atom. The van der Waals surface area contributed by atoms with Gasteiger partial charge in [-0.3, -0.25) is 0 Å². The van der Waals surface area contributed by atoms with E-state index in [1.165, 1.54) is 12.1 Å². The van der Waals surface area contributed by atoms with Crippen LogP contribution in [-0.2, 0) is 15.3 Å². The molecule has 26 heavy (non-hydrogen) atoms. The van der Waals surface area contributed by atoms with E-state index in [-0.39, 0.29) is 24.7 Å². The second-order valence-corrected chi connectivity index (χ2v) is 5.65. The van der Waals surface area contributed by atoms with Gasteiger partial charge >= 0.3 is 0 Å². The first-order valence-corrected chi connectivity index (χ1v) is 8.24. The Hall–Kier alpha value is -1.99. The molecular weight excluding hydrogens is 355 g/mol. The number of hydrogen-bond donors (Lipinski definition) is 0. The first-order valence-electron chi connectivity index (χ1n) is 8.24. The Labute approximate surface area is 148 Å². The Morgan fingerprint density at radius 1 is 0.769 bits per heavy atom. The van der Waals surface area contributed by atoms with Crippen LogP contribution in [0.4, 0.5) is 22.0 Å². The largest absolute Gasteiger partial charge is 0.342 e. The van der Waals surface area contributed by atoms with Crippen molar-refractivity contribution in [2.75, 3.05) is 13.2 Å². The molecule has 2 aromatic carbocycles. The van der Waals surface area contributed by atoms with Crippen molar-refractivity contribution in [1.29, 1.82) is 0 Å². The van der Waals surface area contributed by atoms with Crippen molar-refractivity contribution in [3.63, 3.8) is 0 Å². The molecule has 1 aliphatic heterocycles. The van der Waals surface area contributed by atoms with Crippen LogP contribution < -0.4 is 0 Å². The summed E-state index contributed by atoms with van der Waals surface area (Å²) in [6, 6.07) is 7.62. The smallest absolute Gasteiger partial charge is 0.228 e. The molecule has 1 saturated heterocycles. The van der Waals surface area contributed by atoms with E-state index in [0.29, 0.717) is 0 Å². The molecular formula is C19H19F5O2. The molecule has 0 aromatic heterocycles. The van der Waals surface area contributed by atoms with E-state index in [1.54, 1.807) is 25.1 Å². The predicted molar refractivity (Wildman–Crippen MR) is 85.9 cm³/mol. The average molecular weight is 374 g/mol. The van der Waals surface area contributed by atoms with Gasteiger partial charge in [0.1, 0.15) is 0 Å². The summed E-state index contributed by atoms with van der Waals surface area (Å²) in [6.07, 6.45) is 0. The fraction of sp³-hybridized carbons (Fsp3) is 0.368. The lowest BCUT2D eigenvalue weighted by molar-refractivity contribution is -0.267. The Morgan fingerprint density at radius 3 is 1.65 bits per heavy atom.